The Bertz CT molecular complexity index is 1560. The molecule has 3 rings (SSSR count). The van der Waals surface area contributed by atoms with Gasteiger partial charge in [-0.25, -0.2) is 14.8 Å². The summed E-state index contributed by atoms with van der Waals surface area (Å²) in [5, 5.41) is 20.3. The van der Waals surface area contributed by atoms with Crippen LogP contribution in [-0.2, 0) is 35.4 Å². The van der Waals surface area contributed by atoms with Gasteiger partial charge in [0, 0.05) is 6.08 Å². The lowest BCUT2D eigenvalue weighted by Crippen LogP contribution is -2.09. The molecule has 0 saturated carbocycles. The maximum atomic E-state index is 12.8. The molecule has 43 heavy (non-hydrogen) atoms. The van der Waals surface area contributed by atoms with E-state index >= 15 is 0 Å². The summed E-state index contributed by atoms with van der Waals surface area (Å²) in [4.78, 5) is 23.8. The van der Waals surface area contributed by atoms with E-state index in [1.54, 1.807) is 12.1 Å². The summed E-state index contributed by atoms with van der Waals surface area (Å²) in [5.74, 6) is -0.948. The van der Waals surface area contributed by atoms with Crippen molar-refractivity contribution in [1.82, 2.24) is 0 Å². The second-order valence-corrected chi connectivity index (χ2v) is 11.2. The molecule has 3 aromatic carbocycles. The number of benzene rings is 3. The summed E-state index contributed by atoms with van der Waals surface area (Å²) in [6.45, 7) is 5.26. The van der Waals surface area contributed by atoms with Gasteiger partial charge >= 0.3 is 11.9 Å². The summed E-state index contributed by atoms with van der Waals surface area (Å²) >= 11 is 0.556. The number of hydrogen-bond acceptors (Lipinski definition) is 12. The Morgan fingerprint density at radius 2 is 1.63 bits per heavy atom. The molecule has 0 aliphatic carbocycles. The van der Waals surface area contributed by atoms with Crippen molar-refractivity contribution in [2.45, 2.75) is 48.8 Å². The molecule has 0 fully saturated rings. The van der Waals surface area contributed by atoms with Gasteiger partial charge < -0.3 is 9.47 Å². The van der Waals surface area contributed by atoms with E-state index in [4.69, 9.17) is 14.7 Å². The molecule has 14 heteroatoms. The fraction of sp³-hybridized carbons (Fsp3) is 0.241. The fourth-order valence-corrected chi connectivity index (χ4v) is 5.00. The molecule has 2 N–H and O–H groups in total. The summed E-state index contributed by atoms with van der Waals surface area (Å²) in [6, 6.07) is 15.6. The van der Waals surface area contributed by atoms with Crippen molar-refractivity contribution in [1.29, 1.82) is 0 Å². The van der Waals surface area contributed by atoms with Crippen molar-refractivity contribution in [3.8, 4) is 5.75 Å². The third kappa shape index (κ3) is 11.0. The molecule has 228 valence electrons. The number of azo groups is 1. The van der Waals surface area contributed by atoms with Gasteiger partial charge in [-0.1, -0.05) is 42.7 Å². The van der Waals surface area contributed by atoms with Crippen molar-refractivity contribution < 1.29 is 46.7 Å². The minimum absolute atomic E-state index is 0.0952. The van der Waals surface area contributed by atoms with Crippen molar-refractivity contribution in [3.05, 3.63) is 90.0 Å². The van der Waals surface area contributed by atoms with Crippen LogP contribution in [0.25, 0.3) is 0 Å². The first-order valence-corrected chi connectivity index (χ1v) is 15.2. The molecule has 0 heterocycles. The number of carbonyl (C=O) groups is 2. The number of rotatable bonds is 16. The zero-order chi connectivity index (χ0) is 31.2. The highest BCUT2D eigenvalue weighted by Crippen LogP contribution is 2.35. The van der Waals surface area contributed by atoms with Crippen molar-refractivity contribution in [2.24, 2.45) is 10.2 Å². The van der Waals surface area contributed by atoms with Crippen LogP contribution >= 0.6 is 12.0 Å². The van der Waals surface area contributed by atoms with E-state index in [0.29, 0.717) is 29.8 Å². The summed E-state index contributed by atoms with van der Waals surface area (Å²) in [7, 11) is -4.43. The number of aryl methyl sites for hydroxylation is 2. The van der Waals surface area contributed by atoms with Crippen LogP contribution in [0.2, 0.25) is 0 Å². The maximum Gasteiger partial charge on any atom is 0.343 e. The highest BCUT2D eigenvalue weighted by molar-refractivity contribution is 7.94. The predicted octanol–water partition coefficient (Wildman–Crippen LogP) is 7.14. The van der Waals surface area contributed by atoms with Gasteiger partial charge in [0.15, 0.2) is 0 Å². The van der Waals surface area contributed by atoms with Gasteiger partial charge in [-0.2, -0.15) is 18.6 Å². The van der Waals surface area contributed by atoms with Gasteiger partial charge in [-0.05, 0) is 79.8 Å². The SMILES string of the molecule is C=CC(=O)OCCCCCCc1ccc(C(=O)Oc2ccc(/N=N/c3ccc(C)c(S(=O)(=O)O)c3)cc2SOOO)cc1. The number of hydrogen-bond donors (Lipinski definition) is 2. The van der Waals surface area contributed by atoms with Gasteiger partial charge in [0.1, 0.15) is 5.75 Å². The van der Waals surface area contributed by atoms with E-state index in [1.807, 2.05) is 12.1 Å². The standard InChI is InChI=1S/C29H30N2O10S2/c1-3-28(32)38-17-7-5-4-6-8-21-10-12-22(13-11-21)29(33)39-25-16-15-23(18-26(25)42-41-40-34)30-31-24-14-9-20(2)27(19-24)43(35,36)37/h3,9-16,18-19,34H,1,4-8,17H2,2H3,(H,35,36,37)/b31-30+. The average Bonchev–Trinajstić information content (AvgIpc) is 2.99. The van der Waals surface area contributed by atoms with Crippen molar-refractivity contribution >= 4 is 45.5 Å². The number of unbranched alkanes of at least 4 members (excludes halogenated alkanes) is 3. The topological polar surface area (TPSA) is 170 Å². The zero-order valence-electron chi connectivity index (χ0n) is 23.2. The molecule has 0 unspecified atom stereocenters. The van der Waals surface area contributed by atoms with Crippen LogP contribution in [0.15, 0.2) is 93.3 Å². The monoisotopic (exact) mass is 630 g/mol. The maximum absolute atomic E-state index is 12.8. The molecular weight excluding hydrogens is 600 g/mol. The number of esters is 2. The highest BCUT2D eigenvalue weighted by atomic mass is 32.2. The quantitative estimate of drug-likeness (QED) is 0.0190. The van der Waals surface area contributed by atoms with Gasteiger partial charge in [-0.3, -0.25) is 4.55 Å². The predicted molar refractivity (Wildman–Crippen MR) is 157 cm³/mol. The van der Waals surface area contributed by atoms with Crippen molar-refractivity contribution in [2.75, 3.05) is 6.61 Å². The zero-order valence-corrected chi connectivity index (χ0v) is 24.8. The van der Waals surface area contributed by atoms with E-state index in [9.17, 15) is 22.6 Å². The second kappa shape index (κ2) is 16.6. The Labute approximate surface area is 253 Å². The number of carbonyl (C=O) groups excluding carboxylic acids is 2. The summed E-state index contributed by atoms with van der Waals surface area (Å²) < 4.78 is 47.5. The Morgan fingerprint density at radius 3 is 2.30 bits per heavy atom. The normalized spacial score (nSPS) is 11.4. The molecule has 0 aliphatic heterocycles. The van der Waals surface area contributed by atoms with Crippen LogP contribution in [0.5, 0.6) is 5.75 Å². The minimum atomic E-state index is -4.43. The molecule has 12 nitrogen and oxygen atoms in total. The first-order chi connectivity index (χ1) is 20.6. The Hall–Kier alpha value is -3.92. The van der Waals surface area contributed by atoms with E-state index in [2.05, 4.69) is 26.2 Å². The lowest BCUT2D eigenvalue weighted by molar-refractivity contribution is -0.432. The summed E-state index contributed by atoms with van der Waals surface area (Å²) in [6.07, 6.45) is 5.61. The smallest absolute Gasteiger partial charge is 0.343 e. The van der Waals surface area contributed by atoms with E-state index in [1.165, 1.54) is 43.3 Å². The number of nitrogens with zero attached hydrogens (tertiary/aromatic N) is 2. The minimum Gasteiger partial charge on any atom is -0.463 e. The summed E-state index contributed by atoms with van der Waals surface area (Å²) in [5.41, 5.74) is 2.18. The van der Waals surface area contributed by atoms with Crippen LogP contribution < -0.4 is 4.74 Å². The second-order valence-electron chi connectivity index (χ2n) is 9.10. The van der Waals surface area contributed by atoms with Gasteiger partial charge in [0.25, 0.3) is 10.1 Å². The molecule has 0 atom stereocenters. The lowest BCUT2D eigenvalue weighted by atomic mass is 10.0. The first kappa shape index (κ1) is 33.6. The molecule has 0 aromatic heterocycles. The van der Waals surface area contributed by atoms with Crippen molar-refractivity contribution in [3.63, 3.8) is 0 Å². The molecular formula is C29H30N2O10S2. The molecule has 3 aromatic rings. The number of ether oxygens (including phenoxy) is 2. The largest absolute Gasteiger partial charge is 0.463 e. The van der Waals surface area contributed by atoms with E-state index < -0.39 is 22.1 Å². The third-order valence-electron chi connectivity index (χ3n) is 5.98. The molecule has 0 radical (unpaired) electrons. The van der Waals surface area contributed by atoms with Gasteiger partial charge in [0.2, 0.25) is 0 Å². The van der Waals surface area contributed by atoms with Gasteiger partial charge in [-0.15, -0.1) is 4.33 Å². The van der Waals surface area contributed by atoms with Crippen LogP contribution in [0.4, 0.5) is 11.4 Å². The third-order valence-corrected chi connectivity index (χ3v) is 7.60. The van der Waals surface area contributed by atoms with Gasteiger partial charge in [0.05, 0.1) is 45.4 Å². The van der Waals surface area contributed by atoms with Crippen LogP contribution in [0.3, 0.4) is 0 Å². The fourth-order valence-electron chi connectivity index (χ4n) is 3.79. The average molecular weight is 631 g/mol. The van der Waals surface area contributed by atoms with E-state index in [-0.39, 0.29) is 26.9 Å². The highest BCUT2D eigenvalue weighted by Gasteiger charge is 2.16. The molecule has 0 aliphatic rings. The first-order valence-electron chi connectivity index (χ1n) is 13.0. The molecule has 0 saturated heterocycles. The van der Waals surface area contributed by atoms with Crippen LogP contribution in [0, 0.1) is 6.92 Å². The Morgan fingerprint density at radius 1 is 0.953 bits per heavy atom. The van der Waals surface area contributed by atoms with Crippen LogP contribution in [0.1, 0.15) is 47.2 Å². The molecule has 0 bridgehead atoms. The Kier molecular flexibility index (Phi) is 13.0. The van der Waals surface area contributed by atoms with E-state index in [0.717, 1.165) is 43.7 Å². The van der Waals surface area contributed by atoms with Crippen LogP contribution in [-0.4, -0.2) is 36.8 Å². The lowest BCUT2D eigenvalue weighted by Gasteiger charge is -2.10. The molecule has 0 amide bonds. The Balaban J connectivity index is 1.61. The molecule has 0 spiro atoms.